The second-order valence-electron chi connectivity index (χ2n) is 4.92. The normalized spacial score (nSPS) is 12.1. The van der Waals surface area contributed by atoms with Crippen molar-refractivity contribution in [2.24, 2.45) is 10.2 Å². The molecule has 0 saturated carbocycles. The van der Waals surface area contributed by atoms with Crippen LogP contribution in [0.15, 0.2) is 64.1 Å². The third kappa shape index (κ3) is 3.32. The van der Waals surface area contributed by atoms with Gasteiger partial charge >= 0.3 is 0 Å². The quantitative estimate of drug-likeness (QED) is 0.441. The molecule has 1 aromatic heterocycles. The number of hydrogen-bond acceptors (Lipinski definition) is 5. The van der Waals surface area contributed by atoms with Gasteiger partial charge in [-0.1, -0.05) is 18.2 Å². The maximum Gasteiger partial charge on any atom is 0.215 e. The molecule has 0 radical (unpaired) electrons. The van der Waals surface area contributed by atoms with Gasteiger partial charge in [-0.2, -0.15) is 5.10 Å². The number of benzene rings is 2. The van der Waals surface area contributed by atoms with E-state index in [4.69, 9.17) is 0 Å². The van der Waals surface area contributed by atoms with Crippen LogP contribution in [0.1, 0.15) is 11.3 Å². The number of rotatable bonds is 3. The summed E-state index contributed by atoms with van der Waals surface area (Å²) in [7, 11) is 0. The third-order valence-corrected chi connectivity index (χ3v) is 4.18. The lowest BCUT2D eigenvalue weighted by atomic mass is 10.2. The summed E-state index contributed by atoms with van der Waals surface area (Å²) >= 11 is 1.50. The Kier molecular flexibility index (Phi) is 4.25. The molecule has 0 atom stereocenters. The van der Waals surface area contributed by atoms with Crippen molar-refractivity contribution >= 4 is 17.6 Å². The van der Waals surface area contributed by atoms with Gasteiger partial charge in [0.2, 0.25) is 4.80 Å². The molecule has 0 aliphatic heterocycles. The minimum absolute atomic E-state index is 0.158. The van der Waals surface area contributed by atoms with Crippen LogP contribution in [0.3, 0.4) is 0 Å². The highest BCUT2D eigenvalue weighted by Gasteiger charge is 2.03. The van der Waals surface area contributed by atoms with Crippen molar-refractivity contribution in [2.45, 2.75) is 6.92 Å². The molecule has 5 nitrogen and oxygen atoms in total. The van der Waals surface area contributed by atoms with E-state index in [1.807, 2.05) is 47.2 Å². The highest BCUT2D eigenvalue weighted by Crippen LogP contribution is 2.24. The van der Waals surface area contributed by atoms with Crippen molar-refractivity contribution < 1.29 is 10.2 Å². The van der Waals surface area contributed by atoms with E-state index in [0.29, 0.717) is 5.56 Å². The van der Waals surface area contributed by atoms with Gasteiger partial charge in [-0.25, -0.2) is 0 Å². The monoisotopic (exact) mass is 325 g/mol. The fraction of sp³-hybridized carbons (Fsp3) is 0.0588. The standard InChI is InChI=1S/C17H15N3O2S/c1-12-11-23-17(20(12)14-5-3-2-4-6-14)19-18-10-13-7-8-15(21)16(22)9-13/h2-11,21-22H,1H3/b18-10+,19-17?. The summed E-state index contributed by atoms with van der Waals surface area (Å²) in [6, 6.07) is 14.4. The first-order valence-corrected chi connectivity index (χ1v) is 7.85. The number of thiazole rings is 1. The first-order valence-electron chi connectivity index (χ1n) is 6.97. The molecule has 0 unspecified atom stereocenters. The van der Waals surface area contributed by atoms with Gasteiger partial charge in [0.15, 0.2) is 11.5 Å². The lowest BCUT2D eigenvalue weighted by Crippen LogP contribution is -2.13. The van der Waals surface area contributed by atoms with Crippen molar-refractivity contribution in [2.75, 3.05) is 0 Å². The lowest BCUT2D eigenvalue weighted by molar-refractivity contribution is 0.403. The molecule has 2 aromatic carbocycles. The van der Waals surface area contributed by atoms with Crippen molar-refractivity contribution in [3.63, 3.8) is 0 Å². The van der Waals surface area contributed by atoms with Gasteiger partial charge < -0.3 is 10.2 Å². The summed E-state index contributed by atoms with van der Waals surface area (Å²) in [5.41, 5.74) is 2.77. The van der Waals surface area contributed by atoms with E-state index in [1.165, 1.54) is 29.7 Å². The number of aryl methyl sites for hydroxylation is 1. The molecule has 0 aliphatic rings. The first kappa shape index (κ1) is 15.1. The molecule has 116 valence electrons. The number of aromatic hydroxyl groups is 2. The predicted molar refractivity (Wildman–Crippen MR) is 91.3 cm³/mol. The maximum atomic E-state index is 9.47. The number of hydrogen-bond donors (Lipinski definition) is 2. The van der Waals surface area contributed by atoms with E-state index in [-0.39, 0.29) is 11.5 Å². The minimum atomic E-state index is -0.180. The average Bonchev–Trinajstić information content (AvgIpc) is 2.92. The molecule has 0 amide bonds. The first-order chi connectivity index (χ1) is 11.1. The van der Waals surface area contributed by atoms with Crippen LogP contribution in [-0.4, -0.2) is 21.0 Å². The largest absolute Gasteiger partial charge is 0.504 e. The number of phenols is 2. The SMILES string of the molecule is Cc1csc(=N/N=C/c2ccc(O)c(O)c2)n1-c1ccccc1. The summed E-state index contributed by atoms with van der Waals surface area (Å²) in [5, 5.41) is 29.1. The van der Waals surface area contributed by atoms with Gasteiger partial charge in [-0.3, -0.25) is 4.57 Å². The molecule has 3 aromatic rings. The third-order valence-electron chi connectivity index (χ3n) is 3.24. The van der Waals surface area contributed by atoms with Crippen molar-refractivity contribution in [1.82, 2.24) is 4.57 Å². The van der Waals surface area contributed by atoms with Crippen LogP contribution >= 0.6 is 11.3 Å². The number of aromatic nitrogens is 1. The summed E-state index contributed by atoms with van der Waals surface area (Å²) in [6.07, 6.45) is 1.53. The van der Waals surface area contributed by atoms with Crippen LogP contribution in [0.25, 0.3) is 5.69 Å². The molecule has 0 bridgehead atoms. The van der Waals surface area contributed by atoms with Crippen molar-refractivity contribution in [3.8, 4) is 17.2 Å². The molecular weight excluding hydrogens is 310 g/mol. The van der Waals surface area contributed by atoms with Gasteiger partial charge in [0.25, 0.3) is 0 Å². The van der Waals surface area contributed by atoms with Gasteiger partial charge in [-0.05, 0) is 42.8 Å². The van der Waals surface area contributed by atoms with Crippen LogP contribution in [0.5, 0.6) is 11.5 Å². The zero-order valence-corrected chi connectivity index (χ0v) is 13.2. The second kappa shape index (κ2) is 6.50. The zero-order valence-electron chi connectivity index (χ0n) is 12.4. The molecule has 1 heterocycles. The van der Waals surface area contributed by atoms with E-state index < -0.39 is 0 Å². The van der Waals surface area contributed by atoms with Crippen LogP contribution in [0.2, 0.25) is 0 Å². The van der Waals surface area contributed by atoms with Crippen molar-refractivity contribution in [1.29, 1.82) is 0 Å². The Labute approximate surface area is 137 Å². The van der Waals surface area contributed by atoms with Gasteiger partial charge in [-0.15, -0.1) is 16.4 Å². The fourth-order valence-corrected chi connectivity index (χ4v) is 2.95. The predicted octanol–water partition coefficient (Wildman–Crippen LogP) is 3.19. The Morgan fingerprint density at radius 2 is 1.83 bits per heavy atom. The molecule has 6 heteroatoms. The van der Waals surface area contributed by atoms with Gasteiger partial charge in [0.05, 0.1) is 6.21 Å². The van der Waals surface area contributed by atoms with E-state index in [0.717, 1.165) is 16.2 Å². The van der Waals surface area contributed by atoms with E-state index in [9.17, 15) is 10.2 Å². The van der Waals surface area contributed by atoms with Crippen LogP contribution in [-0.2, 0) is 0 Å². The molecule has 0 saturated heterocycles. The highest BCUT2D eigenvalue weighted by molar-refractivity contribution is 7.07. The maximum absolute atomic E-state index is 9.47. The number of nitrogens with zero attached hydrogens (tertiary/aromatic N) is 3. The molecular formula is C17H15N3O2S. The number of phenolic OH excluding ortho intramolecular Hbond substituents is 2. The van der Waals surface area contributed by atoms with Crippen LogP contribution < -0.4 is 4.80 Å². The van der Waals surface area contributed by atoms with E-state index >= 15 is 0 Å². The Hall–Kier alpha value is -2.86. The Morgan fingerprint density at radius 3 is 2.57 bits per heavy atom. The Morgan fingerprint density at radius 1 is 1.04 bits per heavy atom. The highest BCUT2D eigenvalue weighted by atomic mass is 32.1. The Bertz CT molecular complexity index is 911. The minimum Gasteiger partial charge on any atom is -0.504 e. The summed E-state index contributed by atoms with van der Waals surface area (Å²) < 4.78 is 2.02. The summed E-state index contributed by atoms with van der Waals surface area (Å²) in [4.78, 5) is 0.757. The molecule has 0 fully saturated rings. The molecule has 0 aliphatic carbocycles. The number of para-hydroxylation sites is 1. The Balaban J connectivity index is 1.95. The van der Waals surface area contributed by atoms with E-state index in [2.05, 4.69) is 10.2 Å². The van der Waals surface area contributed by atoms with Gasteiger partial charge in [0.1, 0.15) is 0 Å². The molecule has 0 spiro atoms. The van der Waals surface area contributed by atoms with Crippen LogP contribution in [0, 0.1) is 6.92 Å². The average molecular weight is 325 g/mol. The molecule has 23 heavy (non-hydrogen) atoms. The molecule has 2 N–H and O–H groups in total. The van der Waals surface area contributed by atoms with Crippen molar-refractivity contribution in [3.05, 3.63) is 70.0 Å². The zero-order chi connectivity index (χ0) is 16.2. The molecule has 3 rings (SSSR count). The van der Waals surface area contributed by atoms with E-state index in [1.54, 1.807) is 6.07 Å². The fourth-order valence-electron chi connectivity index (χ4n) is 2.12. The lowest BCUT2D eigenvalue weighted by Gasteiger charge is -2.04. The summed E-state index contributed by atoms with van der Waals surface area (Å²) in [6.45, 7) is 2.02. The van der Waals surface area contributed by atoms with Gasteiger partial charge in [0, 0.05) is 16.8 Å². The smallest absolute Gasteiger partial charge is 0.215 e. The summed E-state index contributed by atoms with van der Waals surface area (Å²) in [5.74, 6) is -0.338. The van der Waals surface area contributed by atoms with Crippen LogP contribution in [0.4, 0.5) is 0 Å². The topological polar surface area (TPSA) is 70.1 Å². The second-order valence-corrected chi connectivity index (χ2v) is 5.76.